The van der Waals surface area contributed by atoms with Crippen LogP contribution in [0.15, 0.2) is 91.1 Å². The van der Waals surface area contributed by atoms with Crippen LogP contribution in [0.1, 0.15) is 60.9 Å². The summed E-state index contributed by atoms with van der Waals surface area (Å²) in [5, 5.41) is 16.4. The van der Waals surface area contributed by atoms with Gasteiger partial charge in [0, 0.05) is 34.5 Å². The van der Waals surface area contributed by atoms with Crippen LogP contribution in [0, 0.1) is 5.92 Å². The lowest BCUT2D eigenvalue weighted by atomic mass is 10.00. The molecule has 8 rings (SSSR count). The number of benzene rings is 2. The number of fused-ring (bicyclic) bond motifs is 2. The Kier molecular flexibility index (Phi) is 12.9. The molecule has 8 atom stereocenters. The molecule has 2 amide bonds. The number of nitrogens with one attached hydrogen (secondary N) is 4. The molecule has 2 aliphatic heterocycles. The van der Waals surface area contributed by atoms with E-state index in [1.165, 1.54) is 12.7 Å². The Hall–Kier alpha value is -6.46. The van der Waals surface area contributed by atoms with Crippen molar-refractivity contribution in [2.45, 2.75) is 88.7 Å². The van der Waals surface area contributed by atoms with Crippen LogP contribution in [0.3, 0.4) is 0 Å². The predicted octanol–water partition coefficient (Wildman–Crippen LogP) is 5.46. The van der Waals surface area contributed by atoms with Crippen LogP contribution < -0.4 is 27.0 Å². The number of hydrogen-bond donors (Lipinski definition) is 5. The Morgan fingerprint density at radius 2 is 1.37 bits per heavy atom. The summed E-state index contributed by atoms with van der Waals surface area (Å²) in [5.41, 5.74) is 18.8. The third-order valence-electron chi connectivity index (χ3n) is 12.3. The van der Waals surface area contributed by atoms with Crippen LogP contribution in [0.2, 0.25) is 18.1 Å². The predicted molar refractivity (Wildman–Crippen MR) is 248 cm³/mol. The highest BCUT2D eigenvalue weighted by atomic mass is 32.1. The first-order chi connectivity index (χ1) is 31.1. The second-order valence-electron chi connectivity index (χ2n) is 17.4. The molecule has 0 saturated carbocycles. The van der Waals surface area contributed by atoms with Gasteiger partial charge in [-0.25, -0.2) is 29.9 Å². The van der Waals surface area contributed by atoms with Crippen molar-refractivity contribution in [1.29, 1.82) is 0 Å². The summed E-state index contributed by atoms with van der Waals surface area (Å²) in [4.78, 5) is 55.9. The summed E-state index contributed by atoms with van der Waals surface area (Å²) in [5.74, 6) is -0.363. The second-order valence-corrected chi connectivity index (χ2v) is 22.6. The van der Waals surface area contributed by atoms with E-state index in [-0.39, 0.29) is 52.6 Å². The molecule has 2 aliphatic rings. The fraction of sp³-hybridized carbons (Fsp3) is 0.405. The zero-order chi connectivity index (χ0) is 46.0. The molecule has 2 saturated heterocycles. The maximum Gasteiger partial charge on any atom is 0.256 e. The summed E-state index contributed by atoms with van der Waals surface area (Å²) in [6.45, 7) is 12.9. The molecule has 0 bridgehead atoms. The van der Waals surface area contributed by atoms with Crippen molar-refractivity contribution in [2.75, 3.05) is 23.7 Å². The van der Waals surface area contributed by atoms with Crippen LogP contribution >= 0.6 is 12.2 Å². The molecule has 4 aromatic heterocycles. The monoisotopic (exact) mass is 918 g/mol. The normalized spacial score (nSPS) is 23.2. The number of anilines is 2. The lowest BCUT2D eigenvalue weighted by Gasteiger charge is -2.41. The molecule has 338 valence electrons. The van der Waals surface area contributed by atoms with Crippen molar-refractivity contribution in [2.24, 2.45) is 16.8 Å². The summed E-state index contributed by atoms with van der Waals surface area (Å²) in [6.07, 6.45) is 2.62. The largest absolute Gasteiger partial charge is 0.407 e. The van der Waals surface area contributed by atoms with Crippen molar-refractivity contribution in [3.63, 3.8) is 0 Å². The Balaban J connectivity index is 1.01. The van der Waals surface area contributed by atoms with Crippen LogP contribution in [0.4, 0.5) is 11.6 Å². The SMILES string of the molecule is C[C@@H]1[C@H](N)[C@@H](CNC(=S)N[C@H]2C(O[Si](C)(C)C(C)(C)C)[C@H](n3cnc4c(NC(=O)c5ccccc5)ncnc43)O[C@@H]2CN=[N+]=[N-])O[C@H]1n1cnc2c(NC(=O)c3ccccc3)ncnc21. The van der Waals surface area contributed by atoms with E-state index in [2.05, 4.69) is 95.1 Å². The number of nitrogens with two attached hydrogens (primary N) is 1. The van der Waals surface area contributed by atoms with Crippen LogP contribution in [-0.2, 0) is 13.9 Å². The zero-order valence-electron chi connectivity index (χ0n) is 36.6. The molecular formula is C42H50N16O5SSi. The molecule has 2 aromatic carbocycles. The summed E-state index contributed by atoms with van der Waals surface area (Å²) in [6, 6.07) is 16.6. The van der Waals surface area contributed by atoms with Crippen molar-refractivity contribution in [3.05, 3.63) is 108 Å². The van der Waals surface area contributed by atoms with Gasteiger partial charge in [-0.15, -0.1) is 0 Å². The van der Waals surface area contributed by atoms with E-state index in [4.69, 9.17) is 31.9 Å². The van der Waals surface area contributed by atoms with Crippen molar-refractivity contribution >= 4 is 71.4 Å². The maximum absolute atomic E-state index is 13.1. The van der Waals surface area contributed by atoms with E-state index in [1.807, 2.05) is 19.1 Å². The molecule has 6 aromatic rings. The summed E-state index contributed by atoms with van der Waals surface area (Å²) in [7, 11) is -2.54. The van der Waals surface area contributed by atoms with Gasteiger partial charge in [0.05, 0.1) is 37.4 Å². The first kappa shape index (κ1) is 45.1. The third kappa shape index (κ3) is 9.25. The smallest absolute Gasteiger partial charge is 0.256 e. The molecule has 65 heavy (non-hydrogen) atoms. The van der Waals surface area contributed by atoms with E-state index < -0.39 is 51.2 Å². The Bertz CT molecular complexity index is 2750. The standard InChI is InChI=1S/C42H50N16O5SSi/c1-23-28(43)26(61-39(23)57-21-50-30-33(46-19-48-35(30)57)54-37(59)24-13-9-7-10-14-24)17-45-41(64)53-29-27(18-52-56-44)62-40(32(29)63-65(5,6)42(2,3)4)58-22-51-31-34(47-20-49-36(31)58)55-38(60)25-15-11-8-12-16-25/h7-16,19-23,26-29,32,39-40H,17-18,43H2,1-6H3,(H2,45,53,64)(H,46,48,54,59)(H,47,49,55,60)/t23-,26-,27-,28+,29-,32?,39-,40-/m1/s1. The number of rotatable bonds is 13. The van der Waals surface area contributed by atoms with Gasteiger partial charge >= 0.3 is 0 Å². The quantitative estimate of drug-likeness (QED) is 0.0316. The highest BCUT2D eigenvalue weighted by Crippen LogP contribution is 2.43. The number of amides is 2. The number of hydrogen-bond acceptors (Lipinski definition) is 14. The van der Waals surface area contributed by atoms with Crippen LogP contribution in [-0.4, -0.2) is 108 Å². The fourth-order valence-corrected chi connectivity index (χ4v) is 9.19. The molecule has 6 N–H and O–H groups in total. The average molecular weight is 919 g/mol. The second kappa shape index (κ2) is 18.6. The lowest BCUT2D eigenvalue weighted by Crippen LogP contribution is -2.56. The van der Waals surface area contributed by atoms with E-state index in [9.17, 15) is 15.1 Å². The first-order valence-corrected chi connectivity index (χ1v) is 24.3. The third-order valence-corrected chi connectivity index (χ3v) is 17.0. The highest BCUT2D eigenvalue weighted by Gasteiger charge is 2.51. The van der Waals surface area contributed by atoms with Gasteiger partial charge in [0.15, 0.2) is 53.6 Å². The maximum atomic E-state index is 13.1. The van der Waals surface area contributed by atoms with Gasteiger partial charge in [-0.1, -0.05) is 69.2 Å². The number of carbonyl (C=O) groups is 2. The van der Waals surface area contributed by atoms with Gasteiger partial charge in [0.1, 0.15) is 25.0 Å². The number of azide groups is 1. The average Bonchev–Trinajstić information content (AvgIpc) is 4.07. The van der Waals surface area contributed by atoms with Gasteiger partial charge in [0.25, 0.3) is 11.8 Å². The molecular weight excluding hydrogens is 869 g/mol. The molecule has 0 aliphatic carbocycles. The van der Waals surface area contributed by atoms with E-state index in [0.717, 1.165) is 0 Å². The number of imidazole rings is 2. The molecule has 0 radical (unpaired) electrons. The summed E-state index contributed by atoms with van der Waals surface area (Å²) < 4.78 is 24.0. The van der Waals surface area contributed by atoms with Crippen molar-refractivity contribution in [1.82, 2.24) is 49.7 Å². The molecule has 2 fully saturated rings. The van der Waals surface area contributed by atoms with Gasteiger partial charge in [-0.3, -0.25) is 18.7 Å². The molecule has 6 heterocycles. The zero-order valence-corrected chi connectivity index (χ0v) is 38.4. The fourth-order valence-electron chi connectivity index (χ4n) is 7.67. The van der Waals surface area contributed by atoms with Crippen LogP contribution in [0.25, 0.3) is 32.8 Å². The van der Waals surface area contributed by atoms with Crippen LogP contribution in [0.5, 0.6) is 0 Å². The first-order valence-electron chi connectivity index (χ1n) is 21.0. The Labute approximate surface area is 380 Å². The van der Waals surface area contributed by atoms with Gasteiger partial charge < -0.3 is 40.9 Å². The van der Waals surface area contributed by atoms with Crippen molar-refractivity contribution in [3.8, 4) is 0 Å². The molecule has 21 nitrogen and oxygen atoms in total. The number of aromatic nitrogens is 8. The topological polar surface area (TPSA) is 272 Å². The van der Waals surface area contributed by atoms with Gasteiger partial charge in [-0.2, -0.15) is 0 Å². The van der Waals surface area contributed by atoms with Gasteiger partial charge in [-0.05, 0) is 60.1 Å². The Morgan fingerprint density at radius 3 is 1.89 bits per heavy atom. The molecule has 0 spiro atoms. The van der Waals surface area contributed by atoms with Gasteiger partial charge in [0.2, 0.25) is 0 Å². The molecule has 1 unspecified atom stereocenters. The van der Waals surface area contributed by atoms with Crippen molar-refractivity contribution < 1.29 is 23.5 Å². The minimum atomic E-state index is -2.54. The van der Waals surface area contributed by atoms with E-state index >= 15 is 0 Å². The minimum absolute atomic E-state index is 0.0412. The minimum Gasteiger partial charge on any atom is -0.407 e. The number of ether oxygens (including phenoxy) is 2. The van der Waals surface area contributed by atoms with E-state index in [0.29, 0.717) is 33.5 Å². The lowest BCUT2D eigenvalue weighted by molar-refractivity contribution is -0.0285. The number of nitrogens with zero attached hydrogens (tertiary/aromatic N) is 11. The Morgan fingerprint density at radius 1 is 0.846 bits per heavy atom. The van der Waals surface area contributed by atoms with E-state index in [1.54, 1.807) is 70.3 Å². The number of carbonyl (C=O) groups excluding carboxylic acids is 2. The number of thiocarbonyl (C=S) groups is 1. The highest BCUT2D eigenvalue weighted by molar-refractivity contribution is 7.80. The molecule has 23 heteroatoms. The summed E-state index contributed by atoms with van der Waals surface area (Å²) >= 11 is 5.93.